The predicted octanol–water partition coefficient (Wildman–Crippen LogP) is 0.821. The van der Waals surface area contributed by atoms with Crippen LogP contribution in [-0.2, 0) is 8.42 Å². The molecule has 0 aromatic heterocycles. The normalized spacial score (nSPS) is 15.4. The van der Waals surface area contributed by atoms with E-state index in [1.165, 1.54) is 0 Å². The van der Waals surface area contributed by atoms with Gasteiger partial charge < -0.3 is 0 Å². The topological polar surface area (TPSA) is 46.5 Å². The fourth-order valence-electron chi connectivity index (χ4n) is 0.598. The van der Waals surface area contributed by atoms with Crippen LogP contribution in [0.1, 0.15) is 0 Å². The maximum atomic E-state index is 10.6. The molecule has 5 heteroatoms. The Morgan fingerprint density at radius 3 is 2.36 bits per heavy atom. The molecule has 1 N–H and O–H groups in total. The molecule has 0 fully saturated rings. The minimum atomic E-state index is -3.25. The molecular weight excluding hydrogens is 231 g/mol. The standard InChI is InChI=1S/C6H6O3SSe/c7-10(8,11)9-6-4-2-1-3-5-6/h1-5H,(H,7,8,11). The molecule has 1 unspecified atom stereocenters. The van der Waals surface area contributed by atoms with Crippen molar-refractivity contribution in [2.24, 2.45) is 0 Å². The Hall–Kier alpha value is -0.351. The van der Waals surface area contributed by atoms with Gasteiger partial charge in [0.2, 0.25) is 0 Å². The van der Waals surface area contributed by atoms with Gasteiger partial charge in [0, 0.05) is 0 Å². The van der Waals surface area contributed by atoms with Gasteiger partial charge in [-0.2, -0.15) is 0 Å². The quantitative estimate of drug-likeness (QED) is 0.774. The van der Waals surface area contributed by atoms with E-state index in [2.05, 4.69) is 4.18 Å². The van der Waals surface area contributed by atoms with E-state index in [-0.39, 0.29) is 0 Å². The van der Waals surface area contributed by atoms with Gasteiger partial charge in [0.1, 0.15) is 0 Å². The second-order valence-electron chi connectivity index (χ2n) is 1.82. The summed E-state index contributed by atoms with van der Waals surface area (Å²) in [5.74, 6) is 0.374. The van der Waals surface area contributed by atoms with Crippen molar-refractivity contribution in [3.05, 3.63) is 30.3 Å². The molecular formula is C6H6O3SSe. The van der Waals surface area contributed by atoms with Crippen molar-refractivity contribution in [3.63, 3.8) is 0 Å². The van der Waals surface area contributed by atoms with Gasteiger partial charge in [-0.3, -0.25) is 0 Å². The van der Waals surface area contributed by atoms with E-state index in [4.69, 9.17) is 4.55 Å². The number of para-hydroxylation sites is 1. The Bertz CT molecular complexity index is 319. The van der Waals surface area contributed by atoms with Crippen LogP contribution < -0.4 is 4.18 Å². The maximum absolute atomic E-state index is 10.6. The molecule has 0 aliphatic rings. The fraction of sp³-hybridized carbons (Fsp3) is 0. The zero-order valence-electron chi connectivity index (χ0n) is 5.47. The summed E-state index contributed by atoms with van der Waals surface area (Å²) in [5, 5.41) is 0. The van der Waals surface area contributed by atoms with E-state index < -0.39 is 8.42 Å². The summed E-state index contributed by atoms with van der Waals surface area (Å²) in [6, 6.07) is 8.45. The minimum absolute atomic E-state index is 0.374. The molecule has 0 spiro atoms. The molecule has 0 saturated carbocycles. The average molecular weight is 237 g/mol. The summed E-state index contributed by atoms with van der Waals surface area (Å²) in [5.41, 5.74) is 0. The second-order valence-corrected chi connectivity index (χ2v) is 5.50. The third kappa shape index (κ3) is 3.53. The van der Waals surface area contributed by atoms with Crippen molar-refractivity contribution in [1.82, 2.24) is 0 Å². The van der Waals surface area contributed by atoms with Crippen LogP contribution in [-0.4, -0.2) is 23.1 Å². The van der Waals surface area contributed by atoms with Gasteiger partial charge in [-0.25, -0.2) is 0 Å². The molecule has 1 atom stereocenters. The summed E-state index contributed by atoms with van der Waals surface area (Å²) < 4.78 is 24.0. The van der Waals surface area contributed by atoms with E-state index in [1.807, 2.05) is 14.4 Å². The van der Waals surface area contributed by atoms with Crippen LogP contribution in [0, 0.1) is 0 Å². The molecule has 0 radical (unpaired) electrons. The Morgan fingerprint density at radius 1 is 1.36 bits per heavy atom. The molecule has 0 aliphatic heterocycles. The van der Waals surface area contributed by atoms with Crippen LogP contribution >= 0.6 is 0 Å². The number of rotatable bonds is 2. The molecule has 1 aromatic rings. The monoisotopic (exact) mass is 238 g/mol. The Labute approximate surface area is 72.1 Å². The number of hydrogen-bond donors (Lipinski definition) is 1. The summed E-state index contributed by atoms with van der Waals surface area (Å²) in [7, 11) is -3.25. The Balaban J connectivity index is 2.82. The van der Waals surface area contributed by atoms with Crippen LogP contribution in [0.4, 0.5) is 0 Å². The molecule has 3 nitrogen and oxygen atoms in total. The van der Waals surface area contributed by atoms with Crippen molar-refractivity contribution in [2.45, 2.75) is 0 Å². The summed E-state index contributed by atoms with van der Waals surface area (Å²) in [6.07, 6.45) is 0. The first-order chi connectivity index (χ1) is 5.08. The average Bonchev–Trinajstić information content (AvgIpc) is 1.85. The van der Waals surface area contributed by atoms with Gasteiger partial charge in [-0.15, -0.1) is 0 Å². The zero-order chi connectivity index (χ0) is 8.32. The number of hydrogen-bond acceptors (Lipinski definition) is 2. The molecule has 11 heavy (non-hydrogen) atoms. The summed E-state index contributed by atoms with van der Waals surface area (Å²) in [6.45, 7) is 0. The van der Waals surface area contributed by atoms with Gasteiger partial charge in [0.25, 0.3) is 0 Å². The van der Waals surface area contributed by atoms with E-state index in [0.29, 0.717) is 5.75 Å². The molecule has 0 aliphatic carbocycles. The van der Waals surface area contributed by atoms with Crippen molar-refractivity contribution in [2.75, 3.05) is 0 Å². The van der Waals surface area contributed by atoms with E-state index in [0.717, 1.165) is 0 Å². The van der Waals surface area contributed by atoms with Gasteiger partial charge in [-0.05, 0) is 0 Å². The first kappa shape index (κ1) is 8.74. The summed E-state index contributed by atoms with van der Waals surface area (Å²) in [4.78, 5) is 0. The van der Waals surface area contributed by atoms with Crippen molar-refractivity contribution >= 4 is 22.8 Å². The van der Waals surface area contributed by atoms with Crippen molar-refractivity contribution < 1.29 is 12.9 Å². The first-order valence-corrected chi connectivity index (χ1v) is 6.26. The molecule has 0 amide bonds. The molecule has 1 aromatic carbocycles. The van der Waals surface area contributed by atoms with E-state index >= 15 is 0 Å². The third-order valence-corrected chi connectivity index (χ3v) is 1.78. The van der Waals surface area contributed by atoms with Crippen LogP contribution in [0.2, 0.25) is 0 Å². The van der Waals surface area contributed by atoms with Crippen LogP contribution in [0.25, 0.3) is 0 Å². The van der Waals surface area contributed by atoms with Crippen molar-refractivity contribution in [1.29, 1.82) is 0 Å². The molecule has 0 saturated heterocycles. The van der Waals surface area contributed by atoms with Gasteiger partial charge in [0.05, 0.1) is 0 Å². The molecule has 1 rings (SSSR count). The van der Waals surface area contributed by atoms with Crippen LogP contribution in [0.5, 0.6) is 5.75 Å². The van der Waals surface area contributed by atoms with Crippen LogP contribution in [0.3, 0.4) is 0 Å². The summed E-state index contributed by atoms with van der Waals surface area (Å²) >= 11 is 2.03. The van der Waals surface area contributed by atoms with Crippen molar-refractivity contribution in [3.8, 4) is 5.75 Å². The van der Waals surface area contributed by atoms with Crippen LogP contribution in [0.15, 0.2) is 30.3 Å². The first-order valence-electron chi connectivity index (χ1n) is 2.80. The van der Waals surface area contributed by atoms with Gasteiger partial charge in [-0.1, -0.05) is 0 Å². The molecule has 60 valence electrons. The van der Waals surface area contributed by atoms with E-state index in [9.17, 15) is 4.21 Å². The number of benzene rings is 1. The predicted molar refractivity (Wildman–Crippen MR) is 43.6 cm³/mol. The fourth-order valence-corrected chi connectivity index (χ4v) is 1.45. The SMILES string of the molecule is O=S(O)(=[Se])Oc1ccccc1. The Morgan fingerprint density at radius 2 is 1.91 bits per heavy atom. The Kier molecular flexibility index (Phi) is 2.67. The van der Waals surface area contributed by atoms with E-state index in [1.54, 1.807) is 30.3 Å². The zero-order valence-corrected chi connectivity index (χ0v) is 8.00. The second kappa shape index (κ2) is 3.36. The van der Waals surface area contributed by atoms with Gasteiger partial charge in [0.15, 0.2) is 0 Å². The third-order valence-electron chi connectivity index (χ3n) is 0.945. The van der Waals surface area contributed by atoms with Gasteiger partial charge >= 0.3 is 71.8 Å². The molecule has 0 bridgehead atoms. The molecule has 0 heterocycles.